The van der Waals surface area contributed by atoms with Crippen LogP contribution in [0.3, 0.4) is 0 Å². The standard InChI is InChI=1S/C23H36N8O7/c1-12(32)18(31-19(34)14(24)11-17(25)33)21(36)30-16(10-13-6-3-2-4-7-13)20(35)29-15(22(37)38)8-5-9-28-23(26)27/h2-4,6-7,12,14-16,18,32H,5,8-11,24H2,1H3,(H2,25,33)(H,29,35)(H,30,36)(H,31,34)(H,37,38)(H4,26,27,28). The van der Waals surface area contributed by atoms with Gasteiger partial charge in [0.25, 0.3) is 0 Å². The van der Waals surface area contributed by atoms with Gasteiger partial charge in [0.15, 0.2) is 5.96 Å². The molecule has 0 aromatic heterocycles. The van der Waals surface area contributed by atoms with E-state index >= 15 is 0 Å². The Bertz CT molecular complexity index is 999. The number of nitrogens with one attached hydrogen (secondary N) is 3. The monoisotopic (exact) mass is 536 g/mol. The van der Waals surface area contributed by atoms with Crippen LogP contribution >= 0.6 is 0 Å². The summed E-state index contributed by atoms with van der Waals surface area (Å²) in [6.45, 7) is 1.38. The van der Waals surface area contributed by atoms with E-state index in [-0.39, 0.29) is 31.8 Å². The Balaban J connectivity index is 3.06. The number of carbonyl (C=O) groups excluding carboxylic acids is 4. The molecule has 0 bridgehead atoms. The fourth-order valence-electron chi connectivity index (χ4n) is 3.33. The molecule has 0 heterocycles. The minimum absolute atomic E-state index is 0.00790. The molecule has 210 valence electrons. The van der Waals surface area contributed by atoms with Crippen molar-refractivity contribution in [2.24, 2.45) is 27.9 Å². The molecule has 4 amide bonds. The van der Waals surface area contributed by atoms with E-state index in [0.29, 0.717) is 5.56 Å². The fourth-order valence-corrected chi connectivity index (χ4v) is 3.33. The van der Waals surface area contributed by atoms with Gasteiger partial charge in [-0.05, 0) is 25.3 Å². The van der Waals surface area contributed by atoms with Crippen LogP contribution in [-0.2, 0) is 30.4 Å². The first-order valence-electron chi connectivity index (χ1n) is 11.8. The van der Waals surface area contributed by atoms with Crippen LogP contribution in [0.1, 0.15) is 31.7 Å². The summed E-state index contributed by atoms with van der Waals surface area (Å²) in [5.41, 5.74) is 21.8. The van der Waals surface area contributed by atoms with Crippen LogP contribution in [0.5, 0.6) is 0 Å². The van der Waals surface area contributed by atoms with Crippen LogP contribution in [0.2, 0.25) is 0 Å². The van der Waals surface area contributed by atoms with Crippen molar-refractivity contribution in [1.29, 1.82) is 0 Å². The lowest BCUT2D eigenvalue weighted by atomic mass is 10.0. The van der Waals surface area contributed by atoms with E-state index in [9.17, 15) is 34.2 Å². The number of amides is 4. The highest BCUT2D eigenvalue weighted by molar-refractivity contribution is 5.95. The fraction of sp³-hybridized carbons (Fsp3) is 0.478. The summed E-state index contributed by atoms with van der Waals surface area (Å²) >= 11 is 0. The number of guanidine groups is 1. The molecule has 5 atom stereocenters. The first-order chi connectivity index (χ1) is 17.8. The number of hydrogen-bond acceptors (Lipinski definition) is 8. The number of benzene rings is 1. The van der Waals surface area contributed by atoms with Crippen molar-refractivity contribution in [3.8, 4) is 0 Å². The minimum atomic E-state index is -1.54. The Labute approximate surface area is 219 Å². The van der Waals surface area contributed by atoms with Crippen LogP contribution in [0.4, 0.5) is 0 Å². The van der Waals surface area contributed by atoms with Crippen LogP contribution in [0.25, 0.3) is 0 Å². The third-order valence-electron chi connectivity index (χ3n) is 5.30. The summed E-state index contributed by atoms with van der Waals surface area (Å²) in [7, 11) is 0. The zero-order valence-corrected chi connectivity index (χ0v) is 21.0. The largest absolute Gasteiger partial charge is 0.480 e. The van der Waals surface area contributed by atoms with E-state index in [1.54, 1.807) is 30.3 Å². The third kappa shape index (κ3) is 11.7. The lowest BCUT2D eigenvalue weighted by Crippen LogP contribution is -2.60. The molecule has 0 spiro atoms. The minimum Gasteiger partial charge on any atom is -0.480 e. The van der Waals surface area contributed by atoms with Gasteiger partial charge < -0.3 is 49.1 Å². The van der Waals surface area contributed by atoms with Gasteiger partial charge in [0.2, 0.25) is 23.6 Å². The van der Waals surface area contributed by atoms with Crippen LogP contribution in [0.15, 0.2) is 35.3 Å². The summed E-state index contributed by atoms with van der Waals surface area (Å²) in [6, 6.07) is 3.11. The number of carbonyl (C=O) groups is 5. The van der Waals surface area contributed by atoms with E-state index in [4.69, 9.17) is 22.9 Å². The number of nitrogens with zero attached hydrogens (tertiary/aromatic N) is 1. The summed E-state index contributed by atoms with van der Waals surface area (Å²) in [6.07, 6.45) is -1.66. The van der Waals surface area contributed by atoms with Crippen LogP contribution < -0.4 is 38.9 Å². The molecule has 15 nitrogen and oxygen atoms in total. The highest BCUT2D eigenvalue weighted by Crippen LogP contribution is 2.07. The van der Waals surface area contributed by atoms with Gasteiger partial charge in [-0.25, -0.2) is 4.79 Å². The number of aliphatic hydroxyl groups excluding tert-OH is 1. The maximum absolute atomic E-state index is 13.1. The molecule has 0 radical (unpaired) electrons. The van der Waals surface area contributed by atoms with Gasteiger partial charge in [-0.3, -0.25) is 24.2 Å². The molecule has 0 aliphatic heterocycles. The second-order valence-electron chi connectivity index (χ2n) is 8.60. The summed E-state index contributed by atoms with van der Waals surface area (Å²) in [4.78, 5) is 64.9. The van der Waals surface area contributed by atoms with Gasteiger partial charge in [-0.1, -0.05) is 30.3 Å². The number of aliphatic carboxylic acids is 1. The van der Waals surface area contributed by atoms with Gasteiger partial charge in [-0.15, -0.1) is 0 Å². The number of hydrogen-bond donors (Lipinski definition) is 9. The Morgan fingerprint density at radius 1 is 0.921 bits per heavy atom. The first kappa shape index (κ1) is 31.8. The second-order valence-corrected chi connectivity index (χ2v) is 8.60. The molecular weight excluding hydrogens is 500 g/mol. The summed E-state index contributed by atoms with van der Waals surface area (Å²) in [5, 5.41) is 26.7. The molecule has 1 rings (SSSR count). The number of rotatable bonds is 16. The van der Waals surface area contributed by atoms with Crippen molar-refractivity contribution in [3.05, 3.63) is 35.9 Å². The normalized spacial score (nSPS) is 14.6. The smallest absolute Gasteiger partial charge is 0.326 e. The molecule has 38 heavy (non-hydrogen) atoms. The Morgan fingerprint density at radius 2 is 1.53 bits per heavy atom. The number of primary amides is 1. The number of nitrogens with two attached hydrogens (primary N) is 4. The van der Waals surface area contributed by atoms with E-state index in [0.717, 1.165) is 0 Å². The Hall–Kier alpha value is -4.24. The van der Waals surface area contributed by atoms with Gasteiger partial charge >= 0.3 is 5.97 Å². The molecule has 1 aromatic carbocycles. The number of carboxylic acids is 1. The van der Waals surface area contributed by atoms with Gasteiger partial charge in [0.05, 0.1) is 18.6 Å². The zero-order chi connectivity index (χ0) is 28.8. The van der Waals surface area contributed by atoms with Crippen LogP contribution in [-0.4, -0.2) is 82.6 Å². The topological polar surface area (TPSA) is 278 Å². The van der Waals surface area contributed by atoms with Crippen molar-refractivity contribution in [2.45, 2.75) is 62.9 Å². The number of aliphatic imine (C=N–C) groups is 1. The van der Waals surface area contributed by atoms with E-state index in [1.807, 2.05) is 0 Å². The second kappa shape index (κ2) is 15.8. The average molecular weight is 537 g/mol. The molecule has 0 aliphatic rings. The van der Waals surface area contributed by atoms with E-state index in [1.165, 1.54) is 6.92 Å². The van der Waals surface area contributed by atoms with Crippen LogP contribution in [0, 0.1) is 0 Å². The van der Waals surface area contributed by atoms with E-state index in [2.05, 4.69) is 20.9 Å². The molecule has 5 unspecified atom stereocenters. The summed E-state index contributed by atoms with van der Waals surface area (Å²) in [5.74, 6) is -4.95. The zero-order valence-electron chi connectivity index (χ0n) is 21.0. The maximum Gasteiger partial charge on any atom is 0.326 e. The predicted octanol–water partition coefficient (Wildman–Crippen LogP) is -3.59. The van der Waals surface area contributed by atoms with Gasteiger partial charge in [-0.2, -0.15) is 0 Å². The van der Waals surface area contributed by atoms with Crippen molar-refractivity contribution < 1.29 is 34.2 Å². The van der Waals surface area contributed by atoms with E-state index < -0.39 is 66.3 Å². The lowest BCUT2D eigenvalue weighted by Gasteiger charge is -2.26. The van der Waals surface area contributed by atoms with Crippen molar-refractivity contribution in [1.82, 2.24) is 16.0 Å². The molecule has 13 N–H and O–H groups in total. The summed E-state index contributed by atoms with van der Waals surface area (Å²) < 4.78 is 0. The average Bonchev–Trinajstić information content (AvgIpc) is 2.83. The molecule has 0 saturated heterocycles. The molecule has 0 aliphatic carbocycles. The van der Waals surface area contributed by atoms with Gasteiger partial charge in [0, 0.05) is 13.0 Å². The van der Waals surface area contributed by atoms with Crippen molar-refractivity contribution >= 4 is 35.6 Å². The SMILES string of the molecule is CC(O)C(NC(=O)C(N)CC(N)=O)C(=O)NC(Cc1ccccc1)C(=O)NC(CCCN=C(N)N)C(=O)O. The maximum atomic E-state index is 13.1. The van der Waals surface area contributed by atoms with Gasteiger partial charge in [0.1, 0.15) is 18.1 Å². The highest BCUT2D eigenvalue weighted by atomic mass is 16.4. The number of aliphatic hydroxyl groups is 1. The first-order valence-corrected chi connectivity index (χ1v) is 11.8. The third-order valence-corrected chi connectivity index (χ3v) is 5.30. The number of carboxylic acid groups (broad SMARTS) is 1. The highest BCUT2D eigenvalue weighted by Gasteiger charge is 2.32. The van der Waals surface area contributed by atoms with Crippen molar-refractivity contribution in [2.75, 3.05) is 6.54 Å². The molecular formula is C23H36N8O7. The Kier molecular flexibility index (Phi) is 13.2. The predicted molar refractivity (Wildman–Crippen MR) is 137 cm³/mol. The lowest BCUT2D eigenvalue weighted by molar-refractivity contribution is -0.142. The molecule has 1 aromatic rings. The van der Waals surface area contributed by atoms with Crippen molar-refractivity contribution in [3.63, 3.8) is 0 Å². The molecule has 15 heteroatoms. The molecule has 0 saturated carbocycles. The Morgan fingerprint density at radius 3 is 2.05 bits per heavy atom. The molecule has 0 fully saturated rings. The quantitative estimate of drug-likeness (QED) is 0.0568.